The molecule has 0 saturated heterocycles. The van der Waals surface area contributed by atoms with Gasteiger partial charge in [-0.1, -0.05) is 18.2 Å². The van der Waals surface area contributed by atoms with E-state index < -0.39 is 5.97 Å². The minimum atomic E-state index is -1.09. The van der Waals surface area contributed by atoms with Gasteiger partial charge >= 0.3 is 5.97 Å². The van der Waals surface area contributed by atoms with Crippen molar-refractivity contribution in [1.29, 1.82) is 0 Å². The third kappa shape index (κ3) is 1.85. The van der Waals surface area contributed by atoms with Gasteiger partial charge in [-0.15, -0.1) is 10.2 Å². The molecule has 0 saturated carbocycles. The van der Waals surface area contributed by atoms with E-state index in [4.69, 9.17) is 5.11 Å². The highest BCUT2D eigenvalue weighted by molar-refractivity contribution is 5.91. The van der Waals surface area contributed by atoms with Gasteiger partial charge < -0.3 is 10.1 Å². The van der Waals surface area contributed by atoms with Gasteiger partial charge in [-0.3, -0.25) is 4.57 Å². The number of carbonyl (C=O) groups is 1. The maximum atomic E-state index is 11.2. The summed E-state index contributed by atoms with van der Waals surface area (Å²) < 4.78 is 1.77. The topological polar surface area (TPSA) is 96.7 Å². The second kappa shape index (κ2) is 4.61. The summed E-state index contributed by atoms with van der Waals surface area (Å²) in [7, 11) is 0. The van der Waals surface area contributed by atoms with Gasteiger partial charge in [-0.25, -0.2) is 9.78 Å². The van der Waals surface area contributed by atoms with E-state index >= 15 is 0 Å². The van der Waals surface area contributed by atoms with Crippen molar-refractivity contribution in [3.05, 3.63) is 48.2 Å². The van der Waals surface area contributed by atoms with Crippen LogP contribution in [-0.2, 0) is 0 Å². The van der Waals surface area contributed by atoms with Crippen LogP contribution >= 0.6 is 0 Å². The van der Waals surface area contributed by atoms with E-state index in [-0.39, 0.29) is 11.4 Å². The number of aryl methyl sites for hydroxylation is 1. The number of hydrogen-bond donors (Lipinski definition) is 2. The van der Waals surface area contributed by atoms with Crippen molar-refractivity contribution >= 4 is 5.97 Å². The molecule has 3 rings (SSSR count). The molecule has 0 aliphatic carbocycles. The molecule has 0 spiro atoms. The molecule has 7 nitrogen and oxygen atoms in total. The second-order valence-corrected chi connectivity index (χ2v) is 4.17. The van der Waals surface area contributed by atoms with Crippen LogP contribution in [0.15, 0.2) is 36.7 Å². The van der Waals surface area contributed by atoms with Crippen LogP contribution in [0.4, 0.5) is 0 Å². The van der Waals surface area contributed by atoms with Crippen molar-refractivity contribution in [3.8, 4) is 17.2 Å². The Kier molecular flexibility index (Phi) is 2.79. The fourth-order valence-corrected chi connectivity index (χ4v) is 2.03. The Morgan fingerprint density at radius 2 is 2.00 bits per heavy atom. The summed E-state index contributed by atoms with van der Waals surface area (Å²) in [6.45, 7) is 1.80. The second-order valence-electron chi connectivity index (χ2n) is 4.17. The summed E-state index contributed by atoms with van der Waals surface area (Å²) in [6.07, 6.45) is 1.33. The van der Waals surface area contributed by atoms with Crippen molar-refractivity contribution in [3.63, 3.8) is 0 Å². The number of aromatic amines is 1. The number of benzene rings is 1. The van der Waals surface area contributed by atoms with Crippen molar-refractivity contribution in [2.45, 2.75) is 6.92 Å². The lowest BCUT2D eigenvalue weighted by molar-refractivity contribution is 0.0692. The molecule has 0 amide bonds. The number of hydrogen-bond acceptors (Lipinski definition) is 4. The number of para-hydroxylation sites is 1. The Hall–Kier alpha value is -2.96. The van der Waals surface area contributed by atoms with Crippen LogP contribution in [0, 0.1) is 6.92 Å². The summed E-state index contributed by atoms with van der Waals surface area (Å²) in [5, 5.41) is 17.2. The van der Waals surface area contributed by atoms with E-state index in [1.54, 1.807) is 11.5 Å². The van der Waals surface area contributed by atoms with Crippen LogP contribution in [0.5, 0.6) is 0 Å². The Bertz CT molecular complexity index is 760. The zero-order chi connectivity index (χ0) is 14.1. The highest BCUT2D eigenvalue weighted by atomic mass is 16.4. The van der Waals surface area contributed by atoms with E-state index in [0.29, 0.717) is 11.6 Å². The average molecular weight is 269 g/mol. The van der Waals surface area contributed by atoms with Gasteiger partial charge in [0.15, 0.2) is 11.5 Å². The number of aromatic nitrogens is 5. The predicted octanol–water partition coefficient (Wildman–Crippen LogP) is 1.66. The third-order valence-corrected chi connectivity index (χ3v) is 2.90. The van der Waals surface area contributed by atoms with Gasteiger partial charge in [0.25, 0.3) is 0 Å². The first-order valence-corrected chi connectivity index (χ1v) is 5.93. The molecule has 0 atom stereocenters. The van der Waals surface area contributed by atoms with Crippen molar-refractivity contribution in [2.24, 2.45) is 0 Å². The number of H-pyrrole nitrogens is 1. The molecule has 20 heavy (non-hydrogen) atoms. The van der Waals surface area contributed by atoms with Gasteiger partial charge in [0.2, 0.25) is 0 Å². The average Bonchev–Trinajstić information content (AvgIpc) is 3.05. The molecule has 2 N–H and O–H groups in total. The third-order valence-electron chi connectivity index (χ3n) is 2.90. The Morgan fingerprint density at radius 3 is 2.70 bits per heavy atom. The molecule has 7 heteroatoms. The minimum absolute atomic E-state index is 0.00502. The molecule has 2 heterocycles. The van der Waals surface area contributed by atoms with E-state index in [9.17, 15) is 4.79 Å². The maximum Gasteiger partial charge on any atom is 0.354 e. The minimum Gasteiger partial charge on any atom is -0.477 e. The van der Waals surface area contributed by atoms with Crippen LogP contribution in [0.25, 0.3) is 17.2 Å². The molecule has 100 valence electrons. The maximum absolute atomic E-state index is 11.2. The largest absolute Gasteiger partial charge is 0.477 e. The van der Waals surface area contributed by atoms with Gasteiger partial charge in [-0.05, 0) is 19.1 Å². The summed E-state index contributed by atoms with van der Waals surface area (Å²) in [4.78, 5) is 17.8. The Labute approximate surface area is 113 Å². The number of imidazole rings is 1. The van der Waals surface area contributed by atoms with Gasteiger partial charge in [-0.2, -0.15) is 0 Å². The number of carboxylic acids is 1. The normalized spacial score (nSPS) is 10.7. The monoisotopic (exact) mass is 269 g/mol. The Morgan fingerprint density at radius 1 is 1.25 bits per heavy atom. The molecule has 0 aliphatic heterocycles. The fraction of sp³-hybridized carbons (Fsp3) is 0.0769. The molecule has 0 fully saturated rings. The molecule has 0 radical (unpaired) electrons. The molecular weight excluding hydrogens is 258 g/mol. The predicted molar refractivity (Wildman–Crippen MR) is 70.6 cm³/mol. The summed E-state index contributed by atoms with van der Waals surface area (Å²) >= 11 is 0. The molecule has 2 aromatic heterocycles. The SMILES string of the molecule is Cc1nnc(-c2nc[nH]c2C(=O)O)n1-c1ccccc1. The summed E-state index contributed by atoms with van der Waals surface area (Å²) in [6, 6.07) is 9.47. The first kappa shape index (κ1) is 12.1. The van der Waals surface area contributed by atoms with Gasteiger partial charge in [0, 0.05) is 5.69 Å². The number of carboxylic acid groups (broad SMARTS) is 1. The van der Waals surface area contributed by atoms with Crippen molar-refractivity contribution in [1.82, 2.24) is 24.7 Å². The number of nitrogens with zero attached hydrogens (tertiary/aromatic N) is 4. The number of rotatable bonds is 3. The lowest BCUT2D eigenvalue weighted by Gasteiger charge is -2.07. The van der Waals surface area contributed by atoms with Crippen LogP contribution in [-0.4, -0.2) is 35.8 Å². The van der Waals surface area contributed by atoms with E-state index in [0.717, 1.165) is 5.69 Å². The first-order chi connectivity index (χ1) is 9.68. The van der Waals surface area contributed by atoms with Crippen LogP contribution < -0.4 is 0 Å². The smallest absolute Gasteiger partial charge is 0.354 e. The fourth-order valence-electron chi connectivity index (χ4n) is 2.03. The van der Waals surface area contributed by atoms with Gasteiger partial charge in [0.1, 0.15) is 11.5 Å². The highest BCUT2D eigenvalue weighted by Gasteiger charge is 2.21. The van der Waals surface area contributed by atoms with Crippen LogP contribution in [0.3, 0.4) is 0 Å². The van der Waals surface area contributed by atoms with Crippen molar-refractivity contribution in [2.75, 3.05) is 0 Å². The highest BCUT2D eigenvalue weighted by Crippen LogP contribution is 2.23. The van der Waals surface area contributed by atoms with E-state index in [2.05, 4.69) is 20.2 Å². The standard InChI is InChI=1S/C13H11N5O2/c1-8-16-17-12(10-11(13(19)20)15-7-14-10)18(8)9-5-3-2-4-6-9/h2-7H,1H3,(H,14,15)(H,19,20). The molecule has 0 bridgehead atoms. The lowest BCUT2D eigenvalue weighted by Crippen LogP contribution is -2.04. The zero-order valence-electron chi connectivity index (χ0n) is 10.6. The number of aromatic carboxylic acids is 1. The van der Waals surface area contributed by atoms with Gasteiger partial charge in [0.05, 0.1) is 6.33 Å². The summed E-state index contributed by atoms with van der Waals surface area (Å²) in [5.41, 5.74) is 1.11. The number of nitrogens with one attached hydrogen (secondary N) is 1. The van der Waals surface area contributed by atoms with Crippen LogP contribution in [0.2, 0.25) is 0 Å². The molecule has 0 aliphatic rings. The Balaban J connectivity index is 2.22. The molecule has 0 unspecified atom stereocenters. The van der Waals surface area contributed by atoms with Crippen molar-refractivity contribution < 1.29 is 9.90 Å². The molecule has 3 aromatic rings. The van der Waals surface area contributed by atoms with E-state index in [1.165, 1.54) is 6.33 Å². The zero-order valence-corrected chi connectivity index (χ0v) is 10.6. The van der Waals surface area contributed by atoms with E-state index in [1.807, 2.05) is 30.3 Å². The molecule has 1 aromatic carbocycles. The summed E-state index contributed by atoms with van der Waals surface area (Å²) in [5.74, 6) is -0.0318. The first-order valence-electron chi connectivity index (χ1n) is 5.93. The lowest BCUT2D eigenvalue weighted by atomic mass is 10.2. The quantitative estimate of drug-likeness (QED) is 0.753. The van der Waals surface area contributed by atoms with Crippen LogP contribution in [0.1, 0.15) is 16.3 Å². The molecular formula is C13H11N5O2.